The molecule has 2 aromatic carbocycles. The third-order valence-corrected chi connectivity index (χ3v) is 6.28. The van der Waals surface area contributed by atoms with Crippen molar-refractivity contribution in [3.05, 3.63) is 63.5 Å². The number of anilines is 2. The number of carbonyl (C=O) groups excluding carboxylic acids is 1. The lowest BCUT2D eigenvalue weighted by Crippen LogP contribution is -2.36. The Morgan fingerprint density at radius 3 is 2.30 bits per heavy atom. The maximum Gasteiger partial charge on any atom is 0.270 e. The Balaban J connectivity index is 1.53. The molecule has 27 heavy (non-hydrogen) atoms. The van der Waals surface area contributed by atoms with Gasteiger partial charge in [-0.05, 0) is 48.0 Å². The van der Waals surface area contributed by atoms with Crippen molar-refractivity contribution in [1.82, 2.24) is 0 Å². The standard InChI is InChI=1S/C20H17BrN2O2S2/c21-15-3-7-17(8-4-15)23-19(24)18(27-20(23)26)13-14-1-5-16(6-2-14)22-9-11-25-12-10-22/h1-8,13H,9-12H2/b18-13+. The van der Waals surface area contributed by atoms with Crippen molar-refractivity contribution < 1.29 is 9.53 Å². The summed E-state index contributed by atoms with van der Waals surface area (Å²) < 4.78 is 6.92. The zero-order chi connectivity index (χ0) is 18.8. The van der Waals surface area contributed by atoms with E-state index in [1.54, 1.807) is 4.90 Å². The van der Waals surface area contributed by atoms with Crippen molar-refractivity contribution in [2.24, 2.45) is 0 Å². The van der Waals surface area contributed by atoms with Gasteiger partial charge in [-0.25, -0.2) is 0 Å². The van der Waals surface area contributed by atoms with Crippen LogP contribution in [0.25, 0.3) is 6.08 Å². The Morgan fingerprint density at radius 1 is 1.00 bits per heavy atom. The van der Waals surface area contributed by atoms with E-state index >= 15 is 0 Å². The second kappa shape index (κ2) is 8.14. The molecule has 1 amide bonds. The monoisotopic (exact) mass is 460 g/mol. The summed E-state index contributed by atoms with van der Waals surface area (Å²) in [5, 5.41) is 0. The molecule has 2 fully saturated rings. The lowest BCUT2D eigenvalue weighted by molar-refractivity contribution is -0.113. The zero-order valence-corrected chi connectivity index (χ0v) is 17.6. The Morgan fingerprint density at radius 2 is 1.63 bits per heavy atom. The summed E-state index contributed by atoms with van der Waals surface area (Å²) in [5.41, 5.74) is 2.95. The molecule has 0 unspecified atom stereocenters. The van der Waals surface area contributed by atoms with Gasteiger partial charge in [-0.2, -0.15) is 0 Å². The van der Waals surface area contributed by atoms with Crippen LogP contribution in [0, 0.1) is 0 Å². The number of hydrogen-bond donors (Lipinski definition) is 0. The number of thiocarbonyl (C=S) groups is 1. The highest BCUT2D eigenvalue weighted by Crippen LogP contribution is 2.36. The van der Waals surface area contributed by atoms with E-state index in [2.05, 4.69) is 33.0 Å². The molecule has 0 atom stereocenters. The zero-order valence-electron chi connectivity index (χ0n) is 14.4. The molecular weight excluding hydrogens is 444 g/mol. The molecule has 7 heteroatoms. The summed E-state index contributed by atoms with van der Waals surface area (Å²) >= 11 is 10.2. The van der Waals surface area contributed by atoms with E-state index in [9.17, 15) is 4.79 Å². The number of rotatable bonds is 3. The third kappa shape index (κ3) is 4.11. The SMILES string of the molecule is O=C1/C(=C\c2ccc(N3CCOCC3)cc2)SC(=S)N1c1ccc(Br)cc1. The van der Waals surface area contributed by atoms with E-state index in [0.29, 0.717) is 9.23 Å². The predicted molar refractivity (Wildman–Crippen MR) is 119 cm³/mol. The maximum atomic E-state index is 12.8. The summed E-state index contributed by atoms with van der Waals surface area (Å²) in [6.07, 6.45) is 1.90. The van der Waals surface area contributed by atoms with Gasteiger partial charge in [-0.1, -0.05) is 52.0 Å². The molecule has 0 saturated carbocycles. The third-order valence-electron chi connectivity index (χ3n) is 4.45. The van der Waals surface area contributed by atoms with Crippen LogP contribution >= 0.6 is 39.9 Å². The number of nitrogens with zero attached hydrogens (tertiary/aromatic N) is 2. The number of morpholine rings is 1. The highest BCUT2D eigenvalue weighted by Gasteiger charge is 2.33. The quantitative estimate of drug-likeness (QED) is 0.489. The summed E-state index contributed by atoms with van der Waals surface area (Å²) in [4.78, 5) is 17.4. The topological polar surface area (TPSA) is 32.8 Å². The van der Waals surface area contributed by atoms with Crippen molar-refractivity contribution in [3.63, 3.8) is 0 Å². The minimum Gasteiger partial charge on any atom is -0.378 e. The van der Waals surface area contributed by atoms with Crippen molar-refractivity contribution in [2.75, 3.05) is 36.1 Å². The van der Waals surface area contributed by atoms with E-state index < -0.39 is 0 Å². The van der Waals surface area contributed by atoms with Gasteiger partial charge in [0.15, 0.2) is 4.32 Å². The first-order valence-corrected chi connectivity index (χ1v) is 10.6. The van der Waals surface area contributed by atoms with Gasteiger partial charge < -0.3 is 9.64 Å². The molecule has 0 N–H and O–H groups in total. The van der Waals surface area contributed by atoms with Crippen LogP contribution in [0.5, 0.6) is 0 Å². The predicted octanol–water partition coefficient (Wildman–Crippen LogP) is 4.69. The molecule has 2 saturated heterocycles. The Bertz CT molecular complexity index is 891. The molecule has 4 rings (SSSR count). The molecule has 4 nitrogen and oxygen atoms in total. The largest absolute Gasteiger partial charge is 0.378 e. The first-order chi connectivity index (χ1) is 13.1. The molecule has 2 aliphatic rings. The first-order valence-electron chi connectivity index (χ1n) is 8.58. The number of amides is 1. The van der Waals surface area contributed by atoms with Gasteiger partial charge in [-0.15, -0.1) is 0 Å². The van der Waals surface area contributed by atoms with Crippen LogP contribution in [0.2, 0.25) is 0 Å². The molecule has 0 bridgehead atoms. The summed E-state index contributed by atoms with van der Waals surface area (Å²) in [7, 11) is 0. The van der Waals surface area contributed by atoms with E-state index in [4.69, 9.17) is 17.0 Å². The number of thioether (sulfide) groups is 1. The summed E-state index contributed by atoms with van der Waals surface area (Å²) in [6.45, 7) is 3.34. The van der Waals surface area contributed by atoms with Crippen LogP contribution in [0.1, 0.15) is 5.56 Å². The Hall–Kier alpha value is -1.67. The lowest BCUT2D eigenvalue weighted by atomic mass is 10.1. The number of benzene rings is 2. The van der Waals surface area contributed by atoms with Crippen molar-refractivity contribution >= 4 is 67.6 Å². The van der Waals surface area contributed by atoms with Crippen molar-refractivity contribution in [1.29, 1.82) is 0 Å². The lowest BCUT2D eigenvalue weighted by Gasteiger charge is -2.28. The molecule has 2 aliphatic heterocycles. The average molecular weight is 461 g/mol. The highest BCUT2D eigenvalue weighted by atomic mass is 79.9. The van der Waals surface area contributed by atoms with Gasteiger partial charge in [-0.3, -0.25) is 9.69 Å². The van der Waals surface area contributed by atoms with Gasteiger partial charge in [0.1, 0.15) is 0 Å². The first kappa shape index (κ1) is 18.7. The number of ether oxygens (including phenoxy) is 1. The molecule has 138 valence electrons. The number of carbonyl (C=O) groups is 1. The smallest absolute Gasteiger partial charge is 0.270 e. The normalized spacial score (nSPS) is 19.2. The van der Waals surface area contributed by atoms with Crippen LogP contribution in [0.3, 0.4) is 0 Å². The van der Waals surface area contributed by atoms with Crippen LogP contribution < -0.4 is 9.80 Å². The van der Waals surface area contributed by atoms with Crippen LogP contribution in [-0.4, -0.2) is 36.5 Å². The second-order valence-electron chi connectivity index (χ2n) is 6.18. The molecule has 0 spiro atoms. The van der Waals surface area contributed by atoms with E-state index in [1.807, 2.05) is 42.5 Å². The van der Waals surface area contributed by atoms with E-state index in [-0.39, 0.29) is 5.91 Å². The Kier molecular flexibility index (Phi) is 5.63. The van der Waals surface area contributed by atoms with E-state index in [1.165, 1.54) is 17.4 Å². The summed E-state index contributed by atoms with van der Waals surface area (Å²) in [6, 6.07) is 15.8. The molecule has 2 aromatic rings. The Labute approximate surface area is 176 Å². The second-order valence-corrected chi connectivity index (χ2v) is 8.78. The average Bonchev–Trinajstić information content (AvgIpc) is 2.97. The maximum absolute atomic E-state index is 12.8. The van der Waals surface area contributed by atoms with Gasteiger partial charge in [0, 0.05) is 23.2 Å². The molecule has 2 heterocycles. The van der Waals surface area contributed by atoms with E-state index in [0.717, 1.165) is 42.0 Å². The van der Waals surface area contributed by atoms with Crippen LogP contribution in [-0.2, 0) is 9.53 Å². The minimum absolute atomic E-state index is 0.0791. The number of halogens is 1. The molecule has 0 radical (unpaired) electrons. The highest BCUT2D eigenvalue weighted by molar-refractivity contribution is 9.10. The van der Waals surface area contributed by atoms with Gasteiger partial charge in [0.05, 0.1) is 23.8 Å². The molecular formula is C20H17BrN2O2S2. The number of hydrogen-bond acceptors (Lipinski definition) is 5. The van der Waals surface area contributed by atoms with Gasteiger partial charge in [0.2, 0.25) is 0 Å². The van der Waals surface area contributed by atoms with Gasteiger partial charge in [0.25, 0.3) is 5.91 Å². The molecule has 0 aliphatic carbocycles. The fraction of sp³-hybridized carbons (Fsp3) is 0.200. The van der Waals surface area contributed by atoms with Crippen LogP contribution in [0.4, 0.5) is 11.4 Å². The van der Waals surface area contributed by atoms with Gasteiger partial charge >= 0.3 is 0 Å². The van der Waals surface area contributed by atoms with Crippen molar-refractivity contribution in [2.45, 2.75) is 0 Å². The summed E-state index contributed by atoms with van der Waals surface area (Å²) in [5.74, 6) is -0.0791. The minimum atomic E-state index is -0.0791. The fourth-order valence-corrected chi connectivity index (χ4v) is 4.60. The van der Waals surface area contributed by atoms with Crippen LogP contribution in [0.15, 0.2) is 57.9 Å². The molecule has 0 aromatic heterocycles. The fourth-order valence-electron chi connectivity index (χ4n) is 3.03. The van der Waals surface area contributed by atoms with Crippen molar-refractivity contribution in [3.8, 4) is 0 Å².